The van der Waals surface area contributed by atoms with Crippen LogP contribution >= 0.6 is 0 Å². The smallest absolute Gasteiger partial charge is 0.0273 e. The number of hydrogen-bond donors (Lipinski definition) is 0. The van der Waals surface area contributed by atoms with Crippen molar-refractivity contribution in [3.63, 3.8) is 0 Å². The van der Waals surface area contributed by atoms with Crippen molar-refractivity contribution in [1.82, 2.24) is 9.97 Å². The van der Waals surface area contributed by atoms with E-state index in [4.69, 9.17) is 0 Å². The minimum absolute atomic E-state index is 1.15. The average Bonchev–Trinajstić information content (AvgIpc) is 3.17. The maximum Gasteiger partial charge on any atom is 0.0273 e. The van der Waals surface area contributed by atoms with Crippen molar-refractivity contribution in [3.8, 4) is 55.6 Å². The molecular formula is C46H30N2. The number of pyridine rings is 2. The highest BCUT2D eigenvalue weighted by Gasteiger charge is 2.18. The molecule has 0 radical (unpaired) electrons. The second-order valence-electron chi connectivity index (χ2n) is 12.3. The van der Waals surface area contributed by atoms with Gasteiger partial charge in [0, 0.05) is 24.8 Å². The van der Waals surface area contributed by atoms with Crippen LogP contribution in [0.25, 0.3) is 88.0 Å². The van der Waals surface area contributed by atoms with Gasteiger partial charge in [-0.2, -0.15) is 0 Å². The van der Waals surface area contributed by atoms with Crippen LogP contribution in [0.4, 0.5) is 0 Å². The number of benzene rings is 7. The molecule has 0 saturated heterocycles. The quantitative estimate of drug-likeness (QED) is 0.181. The van der Waals surface area contributed by atoms with E-state index in [-0.39, 0.29) is 0 Å². The molecule has 0 bridgehead atoms. The topological polar surface area (TPSA) is 25.8 Å². The lowest BCUT2D eigenvalue weighted by molar-refractivity contribution is 1.33. The first kappa shape index (κ1) is 27.9. The molecule has 48 heavy (non-hydrogen) atoms. The van der Waals surface area contributed by atoms with Crippen LogP contribution in [0.5, 0.6) is 0 Å². The van der Waals surface area contributed by atoms with Crippen LogP contribution in [-0.4, -0.2) is 9.97 Å². The molecule has 9 aromatic rings. The average molecular weight is 611 g/mol. The maximum absolute atomic E-state index is 4.25. The second-order valence-corrected chi connectivity index (χ2v) is 12.3. The molecule has 9 rings (SSSR count). The molecule has 2 heteroatoms. The van der Waals surface area contributed by atoms with E-state index in [1.807, 2.05) is 24.8 Å². The summed E-state index contributed by atoms with van der Waals surface area (Å²) in [5.74, 6) is 0. The third kappa shape index (κ3) is 4.92. The molecule has 0 spiro atoms. The minimum atomic E-state index is 1.15. The number of fused-ring (bicyclic) bond motifs is 3. The first-order chi connectivity index (χ1) is 23.8. The number of nitrogens with zero attached hydrogens (tertiary/aromatic N) is 2. The highest BCUT2D eigenvalue weighted by Crippen LogP contribution is 2.46. The van der Waals surface area contributed by atoms with Gasteiger partial charge in [0.15, 0.2) is 0 Å². The Morgan fingerprint density at radius 3 is 1.33 bits per heavy atom. The fraction of sp³-hybridized carbons (Fsp3) is 0. The molecule has 224 valence electrons. The van der Waals surface area contributed by atoms with Crippen LogP contribution in [0, 0.1) is 0 Å². The molecule has 7 aromatic carbocycles. The highest BCUT2D eigenvalue weighted by molar-refractivity contribution is 6.22. The van der Waals surface area contributed by atoms with Gasteiger partial charge in [-0.3, -0.25) is 9.97 Å². The number of aromatic nitrogens is 2. The lowest BCUT2D eigenvalue weighted by atomic mass is 9.84. The van der Waals surface area contributed by atoms with Crippen molar-refractivity contribution in [3.05, 3.63) is 183 Å². The summed E-state index contributed by atoms with van der Waals surface area (Å²) >= 11 is 0. The molecule has 0 amide bonds. The predicted molar refractivity (Wildman–Crippen MR) is 202 cm³/mol. The van der Waals surface area contributed by atoms with Gasteiger partial charge in [-0.1, -0.05) is 109 Å². The molecule has 0 aliphatic heterocycles. The van der Waals surface area contributed by atoms with Gasteiger partial charge < -0.3 is 0 Å². The number of hydrogen-bond acceptors (Lipinski definition) is 2. The van der Waals surface area contributed by atoms with E-state index in [0.29, 0.717) is 0 Å². The molecule has 0 aliphatic carbocycles. The Bertz CT molecular complexity index is 2610. The number of rotatable bonds is 5. The van der Waals surface area contributed by atoms with Crippen LogP contribution in [0.3, 0.4) is 0 Å². The van der Waals surface area contributed by atoms with Gasteiger partial charge in [0.25, 0.3) is 0 Å². The summed E-state index contributed by atoms with van der Waals surface area (Å²) in [6.07, 6.45) is 7.43. The Kier molecular flexibility index (Phi) is 6.84. The Labute approximate surface area is 279 Å². The zero-order chi connectivity index (χ0) is 31.9. The van der Waals surface area contributed by atoms with Crippen molar-refractivity contribution < 1.29 is 0 Å². The Balaban J connectivity index is 1.35. The first-order valence-corrected chi connectivity index (χ1v) is 16.3. The van der Waals surface area contributed by atoms with Gasteiger partial charge >= 0.3 is 0 Å². The summed E-state index contributed by atoms with van der Waals surface area (Å²) < 4.78 is 0. The van der Waals surface area contributed by atoms with Crippen LogP contribution in [0.15, 0.2) is 183 Å². The maximum atomic E-state index is 4.25. The van der Waals surface area contributed by atoms with Crippen LogP contribution < -0.4 is 0 Å². The summed E-state index contributed by atoms with van der Waals surface area (Å²) in [6.45, 7) is 0. The summed E-state index contributed by atoms with van der Waals surface area (Å²) in [6, 6.07) is 57.4. The Hall–Kier alpha value is -6.38. The molecule has 0 aliphatic rings. The van der Waals surface area contributed by atoms with E-state index in [1.54, 1.807) is 0 Å². The molecule has 2 aromatic heterocycles. The predicted octanol–water partition coefficient (Wildman–Crippen LogP) is 12.3. The zero-order valence-corrected chi connectivity index (χ0v) is 26.2. The van der Waals surface area contributed by atoms with Crippen molar-refractivity contribution in [2.24, 2.45) is 0 Å². The Morgan fingerprint density at radius 1 is 0.250 bits per heavy atom. The van der Waals surface area contributed by atoms with Crippen LogP contribution in [-0.2, 0) is 0 Å². The van der Waals surface area contributed by atoms with Gasteiger partial charge in [0.2, 0.25) is 0 Å². The van der Waals surface area contributed by atoms with E-state index < -0.39 is 0 Å². The standard InChI is InChI=1S/C46H30N2/c1-2-8-34-27-37(16-15-31(34)7-1)38-17-18-43-44(30-38)46(40-12-6-10-36(29-40)33-21-25-48-26-22-33)42-14-4-3-13-41(42)45(43)39-11-5-9-35(28-39)32-19-23-47-24-20-32/h1-30H. The molecular weight excluding hydrogens is 581 g/mol. The fourth-order valence-electron chi connectivity index (χ4n) is 7.15. The second kappa shape index (κ2) is 11.8. The normalized spacial score (nSPS) is 11.3. The summed E-state index contributed by atoms with van der Waals surface area (Å²) in [5, 5.41) is 7.42. The van der Waals surface area contributed by atoms with Crippen molar-refractivity contribution in [1.29, 1.82) is 0 Å². The lowest BCUT2D eigenvalue weighted by Gasteiger charge is -2.19. The van der Waals surface area contributed by atoms with Gasteiger partial charge in [-0.25, -0.2) is 0 Å². The third-order valence-corrected chi connectivity index (χ3v) is 9.44. The molecule has 2 heterocycles. The fourth-order valence-corrected chi connectivity index (χ4v) is 7.15. The van der Waals surface area contributed by atoms with Crippen LogP contribution in [0.1, 0.15) is 0 Å². The van der Waals surface area contributed by atoms with E-state index in [2.05, 4.69) is 168 Å². The minimum Gasteiger partial charge on any atom is -0.265 e. The summed E-state index contributed by atoms with van der Waals surface area (Å²) in [4.78, 5) is 8.50. The summed E-state index contributed by atoms with van der Waals surface area (Å²) in [5.41, 5.74) is 11.9. The zero-order valence-electron chi connectivity index (χ0n) is 26.2. The van der Waals surface area contributed by atoms with E-state index in [0.717, 1.165) is 11.1 Å². The van der Waals surface area contributed by atoms with Crippen molar-refractivity contribution in [2.75, 3.05) is 0 Å². The van der Waals surface area contributed by atoms with Crippen molar-refractivity contribution >= 4 is 32.3 Å². The molecule has 0 N–H and O–H groups in total. The lowest BCUT2D eigenvalue weighted by Crippen LogP contribution is -1.92. The van der Waals surface area contributed by atoms with Crippen molar-refractivity contribution in [2.45, 2.75) is 0 Å². The van der Waals surface area contributed by atoms with Gasteiger partial charge in [0.05, 0.1) is 0 Å². The van der Waals surface area contributed by atoms with Gasteiger partial charge in [-0.05, 0) is 136 Å². The van der Waals surface area contributed by atoms with E-state index in [1.165, 1.54) is 76.8 Å². The monoisotopic (exact) mass is 610 g/mol. The molecule has 0 saturated carbocycles. The third-order valence-electron chi connectivity index (χ3n) is 9.44. The van der Waals surface area contributed by atoms with E-state index in [9.17, 15) is 0 Å². The SMILES string of the molecule is c1cc(-c2ccncc2)cc(-c2c3ccccc3c(-c3cccc(-c4ccncc4)c3)c3cc(-c4ccc5ccccc5c4)ccc23)c1. The summed E-state index contributed by atoms with van der Waals surface area (Å²) in [7, 11) is 0. The highest BCUT2D eigenvalue weighted by atomic mass is 14.6. The molecule has 0 atom stereocenters. The molecule has 0 unspecified atom stereocenters. The van der Waals surface area contributed by atoms with Gasteiger partial charge in [0.1, 0.15) is 0 Å². The largest absolute Gasteiger partial charge is 0.265 e. The molecule has 0 fully saturated rings. The van der Waals surface area contributed by atoms with Gasteiger partial charge in [-0.15, -0.1) is 0 Å². The van der Waals surface area contributed by atoms with Crippen LogP contribution in [0.2, 0.25) is 0 Å². The Morgan fingerprint density at radius 2 is 0.708 bits per heavy atom. The molecule has 2 nitrogen and oxygen atoms in total. The van der Waals surface area contributed by atoms with E-state index >= 15 is 0 Å². The first-order valence-electron chi connectivity index (χ1n) is 16.3.